The molecule has 2 fully saturated rings. The quantitative estimate of drug-likeness (QED) is 0.306. The van der Waals surface area contributed by atoms with Gasteiger partial charge in [0, 0.05) is 38.8 Å². The van der Waals surface area contributed by atoms with Crippen molar-refractivity contribution in [1.82, 2.24) is 15.1 Å². The Morgan fingerprint density at radius 1 is 1.35 bits per heavy atom. The zero-order valence-corrected chi connectivity index (χ0v) is 17.1. The number of nitrogens with one attached hydrogen (secondary N) is 1. The molecule has 0 aromatic carbocycles. The van der Waals surface area contributed by atoms with Gasteiger partial charge in [-0.25, -0.2) is 0 Å². The Balaban J connectivity index is 0.00000264. The van der Waals surface area contributed by atoms with Gasteiger partial charge in [0.1, 0.15) is 0 Å². The van der Waals surface area contributed by atoms with Gasteiger partial charge < -0.3 is 15.0 Å². The van der Waals surface area contributed by atoms with Crippen molar-refractivity contribution < 1.29 is 9.53 Å². The van der Waals surface area contributed by atoms with Crippen molar-refractivity contribution in [1.29, 1.82) is 0 Å². The Morgan fingerprint density at radius 3 is 2.43 bits per heavy atom. The van der Waals surface area contributed by atoms with Crippen LogP contribution in [-0.2, 0) is 9.53 Å². The predicted octanol–water partition coefficient (Wildman–Crippen LogP) is 1.55. The number of esters is 1. The number of aliphatic imine (C=N–C) groups is 1. The van der Waals surface area contributed by atoms with Crippen molar-refractivity contribution in [2.24, 2.45) is 10.9 Å². The van der Waals surface area contributed by atoms with E-state index in [0.717, 1.165) is 44.5 Å². The molecule has 1 saturated carbocycles. The Hall–Kier alpha value is -0.570. The zero-order valence-electron chi connectivity index (χ0n) is 14.7. The molecule has 1 heterocycles. The van der Waals surface area contributed by atoms with E-state index in [0.29, 0.717) is 6.04 Å². The van der Waals surface area contributed by atoms with Crippen LogP contribution in [0.4, 0.5) is 0 Å². The average Bonchev–Trinajstić information content (AvgIpc) is 3.39. The molecule has 0 bridgehead atoms. The number of ether oxygens (including phenoxy) is 1. The monoisotopic (exact) mass is 438 g/mol. The summed E-state index contributed by atoms with van der Waals surface area (Å²) in [5.74, 6) is 0.904. The number of likely N-dealkylation sites (tertiary alicyclic amines) is 1. The van der Waals surface area contributed by atoms with Crippen molar-refractivity contribution >= 4 is 35.9 Å². The number of hydrogen-bond acceptors (Lipinski definition) is 4. The maximum Gasteiger partial charge on any atom is 0.308 e. The number of methoxy groups -OCH3 is 1. The fraction of sp³-hybridized carbons (Fsp3) is 0.875. The molecule has 2 aliphatic rings. The molecule has 1 atom stereocenters. The maximum absolute atomic E-state index is 11.6. The molecular weight excluding hydrogens is 407 g/mol. The van der Waals surface area contributed by atoms with E-state index in [9.17, 15) is 4.79 Å². The Labute approximate surface area is 157 Å². The lowest BCUT2D eigenvalue weighted by atomic mass is 9.97. The average molecular weight is 438 g/mol. The minimum absolute atomic E-state index is 0. The lowest BCUT2D eigenvalue weighted by molar-refractivity contribution is -0.146. The van der Waals surface area contributed by atoms with Crippen molar-refractivity contribution in [3.05, 3.63) is 0 Å². The van der Waals surface area contributed by atoms with Gasteiger partial charge in [0.05, 0.1) is 13.0 Å². The Kier molecular flexibility index (Phi) is 8.60. The van der Waals surface area contributed by atoms with Crippen LogP contribution < -0.4 is 5.32 Å². The number of nitrogens with zero attached hydrogens (tertiary/aromatic N) is 3. The second-order valence-corrected chi connectivity index (χ2v) is 6.46. The molecule has 1 N–H and O–H groups in total. The van der Waals surface area contributed by atoms with Crippen molar-refractivity contribution in [2.45, 2.75) is 44.7 Å². The van der Waals surface area contributed by atoms with Gasteiger partial charge in [-0.1, -0.05) is 0 Å². The van der Waals surface area contributed by atoms with Crippen LogP contribution in [-0.4, -0.2) is 74.7 Å². The summed E-state index contributed by atoms with van der Waals surface area (Å²) in [5.41, 5.74) is 0. The maximum atomic E-state index is 11.6. The fourth-order valence-corrected chi connectivity index (χ4v) is 3.05. The van der Waals surface area contributed by atoms with E-state index in [1.54, 1.807) is 0 Å². The fourth-order valence-electron chi connectivity index (χ4n) is 3.05. The van der Waals surface area contributed by atoms with Gasteiger partial charge in [-0.15, -0.1) is 24.0 Å². The molecule has 134 valence electrons. The van der Waals surface area contributed by atoms with Gasteiger partial charge in [0.25, 0.3) is 0 Å². The van der Waals surface area contributed by atoms with E-state index in [1.165, 1.54) is 20.0 Å². The highest BCUT2D eigenvalue weighted by atomic mass is 127. The summed E-state index contributed by atoms with van der Waals surface area (Å²) < 4.78 is 4.84. The second-order valence-electron chi connectivity index (χ2n) is 6.46. The Bertz CT molecular complexity index is 407. The number of rotatable bonds is 5. The zero-order chi connectivity index (χ0) is 16.1. The number of hydrogen-bond donors (Lipinski definition) is 1. The number of piperidine rings is 1. The number of carbonyl (C=O) groups is 1. The summed E-state index contributed by atoms with van der Waals surface area (Å²) >= 11 is 0. The third-order valence-electron chi connectivity index (χ3n) is 4.91. The highest BCUT2D eigenvalue weighted by molar-refractivity contribution is 14.0. The molecule has 23 heavy (non-hydrogen) atoms. The number of carbonyl (C=O) groups excluding carboxylic acids is 1. The Morgan fingerprint density at radius 2 is 1.96 bits per heavy atom. The third-order valence-corrected chi connectivity index (χ3v) is 4.91. The van der Waals surface area contributed by atoms with Crippen LogP contribution in [0.5, 0.6) is 0 Å². The van der Waals surface area contributed by atoms with Crippen LogP contribution in [0.3, 0.4) is 0 Å². The number of guanidine groups is 1. The van der Waals surface area contributed by atoms with Gasteiger partial charge in [0.2, 0.25) is 0 Å². The summed E-state index contributed by atoms with van der Waals surface area (Å²) in [6.07, 6.45) is 4.34. The molecule has 1 saturated heterocycles. The van der Waals surface area contributed by atoms with Gasteiger partial charge in [-0.05, 0) is 39.7 Å². The van der Waals surface area contributed by atoms with Crippen LogP contribution in [0.2, 0.25) is 0 Å². The molecule has 6 nitrogen and oxygen atoms in total. The SMILES string of the molecule is CN=C(NCC(C)N(C)C1CC1)N1CCC(C(=O)OC)CC1.I. The highest BCUT2D eigenvalue weighted by Crippen LogP contribution is 2.26. The first kappa shape index (κ1) is 20.5. The smallest absolute Gasteiger partial charge is 0.308 e. The highest BCUT2D eigenvalue weighted by Gasteiger charge is 2.30. The van der Waals surface area contributed by atoms with E-state index in [4.69, 9.17) is 4.74 Å². The van der Waals surface area contributed by atoms with Gasteiger partial charge in [-0.3, -0.25) is 14.7 Å². The van der Waals surface area contributed by atoms with Crippen molar-refractivity contribution in [2.75, 3.05) is 40.8 Å². The molecule has 2 rings (SSSR count). The van der Waals surface area contributed by atoms with Crippen LogP contribution in [0.1, 0.15) is 32.6 Å². The molecule has 0 radical (unpaired) electrons. The van der Waals surface area contributed by atoms with Crippen molar-refractivity contribution in [3.8, 4) is 0 Å². The van der Waals surface area contributed by atoms with Crippen LogP contribution in [0.15, 0.2) is 4.99 Å². The predicted molar refractivity (Wildman–Crippen MR) is 103 cm³/mol. The number of halogens is 1. The first-order valence-corrected chi connectivity index (χ1v) is 8.32. The molecule has 0 amide bonds. The summed E-state index contributed by atoms with van der Waals surface area (Å²) in [7, 11) is 5.49. The second kappa shape index (κ2) is 9.66. The van der Waals surface area contributed by atoms with E-state index in [2.05, 4.69) is 34.1 Å². The lowest BCUT2D eigenvalue weighted by Crippen LogP contribution is -2.50. The molecule has 1 aliphatic heterocycles. The van der Waals surface area contributed by atoms with Gasteiger partial charge in [-0.2, -0.15) is 0 Å². The first-order chi connectivity index (χ1) is 10.6. The van der Waals surface area contributed by atoms with Crippen LogP contribution in [0.25, 0.3) is 0 Å². The van der Waals surface area contributed by atoms with Gasteiger partial charge >= 0.3 is 5.97 Å². The van der Waals surface area contributed by atoms with Crippen LogP contribution in [0, 0.1) is 5.92 Å². The van der Waals surface area contributed by atoms with E-state index >= 15 is 0 Å². The summed E-state index contributed by atoms with van der Waals surface area (Å²) in [4.78, 5) is 20.7. The molecule has 1 unspecified atom stereocenters. The molecule has 0 aromatic heterocycles. The molecule has 7 heteroatoms. The first-order valence-electron chi connectivity index (χ1n) is 8.32. The van der Waals surface area contributed by atoms with Gasteiger partial charge in [0.15, 0.2) is 5.96 Å². The number of likely N-dealkylation sites (N-methyl/N-ethyl adjacent to an activating group) is 1. The standard InChI is InChI=1S/C16H30N4O2.HI/c1-12(19(3)14-5-6-14)11-18-16(17-2)20-9-7-13(8-10-20)15(21)22-4;/h12-14H,5-11H2,1-4H3,(H,17,18);1H. The lowest BCUT2D eigenvalue weighted by Gasteiger charge is -2.34. The van der Waals surface area contributed by atoms with E-state index in [1.807, 2.05) is 7.05 Å². The molecular formula is C16H31IN4O2. The minimum Gasteiger partial charge on any atom is -0.469 e. The van der Waals surface area contributed by atoms with E-state index in [-0.39, 0.29) is 35.9 Å². The minimum atomic E-state index is -0.0812. The summed E-state index contributed by atoms with van der Waals surface area (Å²) in [5, 5.41) is 3.48. The topological polar surface area (TPSA) is 57.2 Å². The largest absolute Gasteiger partial charge is 0.469 e. The molecule has 0 aromatic rings. The molecule has 1 aliphatic carbocycles. The summed E-state index contributed by atoms with van der Waals surface area (Å²) in [6.45, 7) is 4.86. The van der Waals surface area contributed by atoms with Crippen LogP contribution >= 0.6 is 24.0 Å². The summed E-state index contributed by atoms with van der Waals surface area (Å²) in [6, 6.07) is 1.27. The third kappa shape index (κ3) is 5.77. The van der Waals surface area contributed by atoms with E-state index < -0.39 is 0 Å². The van der Waals surface area contributed by atoms with Crippen molar-refractivity contribution in [3.63, 3.8) is 0 Å². The normalized spacial score (nSPS) is 20.9. The molecule has 0 spiro atoms.